The lowest BCUT2D eigenvalue weighted by atomic mass is 9.92. The Kier molecular flexibility index (Phi) is 10.2. The van der Waals surface area contributed by atoms with Crippen molar-refractivity contribution < 1.29 is 9.59 Å². The van der Waals surface area contributed by atoms with E-state index in [1.807, 2.05) is 13.0 Å². The Morgan fingerprint density at radius 3 is 2.33 bits per heavy atom. The van der Waals surface area contributed by atoms with Crippen LogP contribution in [0, 0.1) is 0 Å². The molecule has 0 bridgehead atoms. The van der Waals surface area contributed by atoms with Crippen molar-refractivity contribution in [2.75, 3.05) is 18.4 Å². The molecule has 0 fully saturated rings. The lowest BCUT2D eigenvalue weighted by Crippen LogP contribution is -2.38. The van der Waals surface area contributed by atoms with Crippen LogP contribution >= 0.6 is 23.2 Å². The van der Waals surface area contributed by atoms with E-state index in [4.69, 9.17) is 28.3 Å². The van der Waals surface area contributed by atoms with E-state index in [0.29, 0.717) is 34.5 Å². The van der Waals surface area contributed by atoms with Crippen LogP contribution in [0.1, 0.15) is 78.8 Å². The fraction of sp³-hybridized carbons (Fsp3) is 0.560. The molecule has 2 amide bonds. The van der Waals surface area contributed by atoms with Crippen LogP contribution in [-0.2, 0) is 15.0 Å². The summed E-state index contributed by atoms with van der Waals surface area (Å²) in [5.41, 5.74) is 1.29. The molecule has 0 radical (unpaired) electrons. The smallest absolute Gasteiger partial charge is 0.245 e. The van der Waals surface area contributed by atoms with Crippen molar-refractivity contribution in [3.8, 4) is 5.69 Å². The van der Waals surface area contributed by atoms with Gasteiger partial charge in [-0.15, -0.1) is 0 Å². The zero-order valence-corrected chi connectivity index (χ0v) is 21.9. The average Bonchev–Trinajstić information content (AvgIpc) is 3.17. The van der Waals surface area contributed by atoms with Gasteiger partial charge in [-0.1, -0.05) is 76.6 Å². The van der Waals surface area contributed by atoms with Crippen LogP contribution in [0.5, 0.6) is 0 Å². The van der Waals surface area contributed by atoms with Crippen LogP contribution in [0.3, 0.4) is 0 Å². The van der Waals surface area contributed by atoms with Crippen LogP contribution in [0.2, 0.25) is 10.0 Å². The molecule has 182 valence electrons. The second-order valence-electron chi connectivity index (χ2n) is 9.30. The molecule has 2 aromatic rings. The van der Waals surface area contributed by atoms with Gasteiger partial charge in [0.05, 0.1) is 28.0 Å². The summed E-state index contributed by atoms with van der Waals surface area (Å²) in [4.78, 5) is 27.1. The Morgan fingerprint density at radius 2 is 1.73 bits per heavy atom. The fourth-order valence-corrected chi connectivity index (χ4v) is 3.71. The third kappa shape index (κ3) is 8.04. The third-order valence-electron chi connectivity index (χ3n) is 5.46. The minimum atomic E-state index is -0.266. The molecule has 0 aliphatic rings. The van der Waals surface area contributed by atoms with Crippen molar-refractivity contribution in [3.63, 3.8) is 0 Å². The highest BCUT2D eigenvalue weighted by Crippen LogP contribution is 2.29. The number of nitrogens with one attached hydrogen (secondary N) is 1. The van der Waals surface area contributed by atoms with Crippen molar-refractivity contribution in [1.82, 2.24) is 14.7 Å². The topological polar surface area (TPSA) is 67.2 Å². The Hall–Kier alpha value is -2.05. The van der Waals surface area contributed by atoms with E-state index in [1.54, 1.807) is 27.8 Å². The van der Waals surface area contributed by atoms with Gasteiger partial charge in [0.1, 0.15) is 5.82 Å². The number of amides is 2. The first kappa shape index (κ1) is 27.2. The number of aromatic nitrogens is 2. The van der Waals surface area contributed by atoms with E-state index in [0.717, 1.165) is 25.0 Å². The average molecular weight is 495 g/mol. The van der Waals surface area contributed by atoms with E-state index in [9.17, 15) is 9.59 Å². The second kappa shape index (κ2) is 12.4. The Balaban J connectivity index is 2.14. The molecule has 0 saturated carbocycles. The van der Waals surface area contributed by atoms with Crippen molar-refractivity contribution in [3.05, 3.63) is 40.0 Å². The maximum Gasteiger partial charge on any atom is 0.245 e. The first-order valence-electron chi connectivity index (χ1n) is 11.7. The highest BCUT2D eigenvalue weighted by Gasteiger charge is 2.23. The number of halogens is 2. The molecule has 0 spiro atoms. The van der Waals surface area contributed by atoms with Crippen molar-refractivity contribution in [2.24, 2.45) is 0 Å². The Bertz CT molecular complexity index is 950. The summed E-state index contributed by atoms with van der Waals surface area (Å²) >= 11 is 12.3. The van der Waals surface area contributed by atoms with Gasteiger partial charge in [-0.25, -0.2) is 4.68 Å². The van der Waals surface area contributed by atoms with E-state index in [2.05, 4.69) is 33.0 Å². The van der Waals surface area contributed by atoms with Crippen LogP contribution in [0.25, 0.3) is 5.69 Å². The molecule has 33 heavy (non-hydrogen) atoms. The molecule has 0 atom stereocenters. The number of hydrogen-bond donors (Lipinski definition) is 1. The molecule has 8 heteroatoms. The molecule has 1 aromatic heterocycles. The van der Waals surface area contributed by atoms with Crippen LogP contribution in [-0.4, -0.2) is 39.6 Å². The summed E-state index contributed by atoms with van der Waals surface area (Å²) < 4.78 is 1.65. The minimum absolute atomic E-state index is 0.00169. The molecule has 0 aliphatic heterocycles. The van der Waals surface area contributed by atoms with E-state index in [-0.39, 0.29) is 23.8 Å². The second-order valence-corrected chi connectivity index (χ2v) is 10.1. The van der Waals surface area contributed by atoms with Crippen LogP contribution in [0.4, 0.5) is 5.82 Å². The summed E-state index contributed by atoms with van der Waals surface area (Å²) in [7, 11) is 0. The number of benzene rings is 1. The number of carbonyl (C=O) groups is 2. The maximum absolute atomic E-state index is 12.9. The summed E-state index contributed by atoms with van der Waals surface area (Å²) in [6, 6.07) is 7.05. The monoisotopic (exact) mass is 494 g/mol. The molecule has 1 N–H and O–H groups in total. The van der Waals surface area contributed by atoms with Crippen molar-refractivity contribution in [2.45, 2.75) is 78.6 Å². The standard InChI is InChI=1S/C25H36Cl2N4O2/c1-6-8-9-10-11-12-24(33)30(7-2)17-23(32)28-22-16-21(25(3,4)5)29-31(22)18-13-14-19(26)20(27)15-18/h13-16H,6-12,17H2,1-5H3,(H,28,32). The van der Waals surface area contributed by atoms with Gasteiger partial charge < -0.3 is 10.2 Å². The van der Waals surface area contributed by atoms with E-state index >= 15 is 0 Å². The van der Waals surface area contributed by atoms with Gasteiger partial charge in [-0.05, 0) is 31.5 Å². The van der Waals surface area contributed by atoms with Gasteiger partial charge in [0.25, 0.3) is 0 Å². The number of anilines is 1. The Morgan fingerprint density at radius 1 is 1.03 bits per heavy atom. The normalized spacial score (nSPS) is 11.5. The molecule has 1 aromatic carbocycles. The zero-order chi connectivity index (χ0) is 24.6. The number of nitrogens with zero attached hydrogens (tertiary/aromatic N) is 3. The van der Waals surface area contributed by atoms with Crippen molar-refractivity contribution in [1.29, 1.82) is 0 Å². The van der Waals surface area contributed by atoms with Gasteiger partial charge in [-0.3, -0.25) is 9.59 Å². The molecule has 1 heterocycles. The predicted molar refractivity (Wildman–Crippen MR) is 137 cm³/mol. The molecule has 0 unspecified atom stereocenters. The SMILES string of the molecule is CCCCCCCC(=O)N(CC)CC(=O)Nc1cc(C(C)(C)C)nn1-c1ccc(Cl)c(Cl)c1. The van der Waals surface area contributed by atoms with Gasteiger partial charge in [0, 0.05) is 24.4 Å². The maximum atomic E-state index is 12.9. The number of hydrogen-bond acceptors (Lipinski definition) is 3. The lowest BCUT2D eigenvalue weighted by molar-refractivity contribution is -0.134. The highest BCUT2D eigenvalue weighted by atomic mass is 35.5. The lowest BCUT2D eigenvalue weighted by Gasteiger charge is -2.20. The summed E-state index contributed by atoms with van der Waals surface area (Å²) in [5, 5.41) is 8.47. The van der Waals surface area contributed by atoms with Crippen LogP contribution < -0.4 is 5.32 Å². The van der Waals surface area contributed by atoms with Gasteiger partial charge in [-0.2, -0.15) is 5.10 Å². The van der Waals surface area contributed by atoms with E-state index in [1.165, 1.54) is 12.8 Å². The summed E-state index contributed by atoms with van der Waals surface area (Å²) in [6.07, 6.45) is 5.88. The molecule has 0 aliphatic carbocycles. The predicted octanol–water partition coefficient (Wildman–Crippen LogP) is 6.62. The first-order chi connectivity index (χ1) is 15.6. The quantitative estimate of drug-likeness (QED) is 0.356. The zero-order valence-electron chi connectivity index (χ0n) is 20.4. The minimum Gasteiger partial charge on any atom is -0.334 e. The summed E-state index contributed by atoms with van der Waals surface area (Å²) in [5.74, 6) is 0.266. The van der Waals surface area contributed by atoms with Crippen LogP contribution in [0.15, 0.2) is 24.3 Å². The number of rotatable bonds is 11. The number of unbranched alkanes of at least 4 members (excludes halogenated alkanes) is 4. The largest absolute Gasteiger partial charge is 0.334 e. The third-order valence-corrected chi connectivity index (χ3v) is 6.20. The van der Waals surface area contributed by atoms with Crippen molar-refractivity contribution >= 4 is 40.8 Å². The number of carbonyl (C=O) groups excluding carboxylic acids is 2. The molecular weight excluding hydrogens is 459 g/mol. The summed E-state index contributed by atoms with van der Waals surface area (Å²) in [6.45, 7) is 10.7. The van der Waals surface area contributed by atoms with Gasteiger partial charge in [0.2, 0.25) is 11.8 Å². The first-order valence-corrected chi connectivity index (χ1v) is 12.5. The van der Waals surface area contributed by atoms with Gasteiger partial charge in [0.15, 0.2) is 0 Å². The molecular formula is C25H36Cl2N4O2. The van der Waals surface area contributed by atoms with E-state index < -0.39 is 0 Å². The highest BCUT2D eigenvalue weighted by molar-refractivity contribution is 6.42. The Labute approximate surface area is 207 Å². The van der Waals surface area contributed by atoms with Gasteiger partial charge >= 0.3 is 0 Å². The molecule has 0 saturated heterocycles. The molecule has 6 nitrogen and oxygen atoms in total. The molecule has 2 rings (SSSR count). The number of likely N-dealkylation sites (N-methyl/N-ethyl adjacent to an activating group) is 1. The fourth-order valence-electron chi connectivity index (χ4n) is 3.42.